The van der Waals surface area contributed by atoms with E-state index in [1.807, 2.05) is 24.3 Å². The molecule has 1 aliphatic rings. The summed E-state index contributed by atoms with van der Waals surface area (Å²) in [6.45, 7) is 0. The number of nitrogens with two attached hydrogens (primary N) is 1. The van der Waals surface area contributed by atoms with E-state index >= 15 is 0 Å². The van der Waals surface area contributed by atoms with Crippen molar-refractivity contribution in [2.45, 2.75) is 29.7 Å². The van der Waals surface area contributed by atoms with Gasteiger partial charge in [0.05, 0.1) is 5.69 Å². The van der Waals surface area contributed by atoms with E-state index in [0.717, 1.165) is 29.1 Å². The van der Waals surface area contributed by atoms with E-state index in [0.29, 0.717) is 22.4 Å². The van der Waals surface area contributed by atoms with E-state index in [2.05, 4.69) is 16.0 Å². The van der Waals surface area contributed by atoms with Gasteiger partial charge in [-0.25, -0.2) is 9.97 Å². The number of hydrogen-bond acceptors (Lipinski definition) is 5. The van der Waals surface area contributed by atoms with Gasteiger partial charge in [0, 0.05) is 16.7 Å². The fraction of sp³-hybridized carbons (Fsp3) is 0.267. The Balaban J connectivity index is 1.83. The van der Waals surface area contributed by atoms with Crippen molar-refractivity contribution in [2.75, 3.05) is 5.73 Å². The molecule has 4 nitrogen and oxygen atoms in total. The second-order valence-electron chi connectivity index (χ2n) is 4.92. The molecule has 3 rings (SSSR count). The Morgan fingerprint density at radius 1 is 1.33 bits per heavy atom. The number of anilines is 1. The molecule has 0 saturated heterocycles. The van der Waals surface area contributed by atoms with Crippen LogP contribution in [0, 0.1) is 11.3 Å². The van der Waals surface area contributed by atoms with E-state index in [4.69, 9.17) is 17.3 Å². The van der Waals surface area contributed by atoms with Crippen LogP contribution in [0.25, 0.3) is 0 Å². The Hall–Kier alpha value is -1.77. The van der Waals surface area contributed by atoms with Gasteiger partial charge in [-0.05, 0) is 24.5 Å². The molecule has 0 atom stereocenters. The highest BCUT2D eigenvalue weighted by Crippen LogP contribution is 2.42. The van der Waals surface area contributed by atoms with Crippen molar-refractivity contribution < 1.29 is 0 Å². The number of nitriles is 1. The van der Waals surface area contributed by atoms with Crippen molar-refractivity contribution in [2.24, 2.45) is 0 Å². The van der Waals surface area contributed by atoms with Gasteiger partial charge < -0.3 is 5.73 Å². The summed E-state index contributed by atoms with van der Waals surface area (Å²) in [5, 5.41) is 10.5. The SMILES string of the molecule is N#Cc1c(N)nc(SCc2ccccc2Cl)nc1C1CC1. The standard InChI is InChI=1S/C15H13ClN4S/c16-12-4-2-1-3-10(12)8-21-15-19-13(9-5-6-9)11(7-17)14(18)20-15/h1-4,9H,5-6,8H2,(H2,18,19,20). The molecule has 2 N–H and O–H groups in total. The van der Waals surface area contributed by atoms with E-state index in [-0.39, 0.29) is 5.82 Å². The van der Waals surface area contributed by atoms with Gasteiger partial charge in [-0.2, -0.15) is 5.26 Å². The summed E-state index contributed by atoms with van der Waals surface area (Å²) in [6.07, 6.45) is 2.14. The summed E-state index contributed by atoms with van der Waals surface area (Å²) < 4.78 is 0. The first-order valence-electron chi connectivity index (χ1n) is 6.62. The van der Waals surface area contributed by atoms with E-state index in [9.17, 15) is 5.26 Å². The van der Waals surface area contributed by atoms with Crippen LogP contribution in [0.4, 0.5) is 5.82 Å². The molecule has 6 heteroatoms. The zero-order valence-corrected chi connectivity index (χ0v) is 12.8. The zero-order chi connectivity index (χ0) is 14.8. The fourth-order valence-electron chi connectivity index (χ4n) is 2.06. The molecule has 0 spiro atoms. The summed E-state index contributed by atoms with van der Waals surface area (Å²) >= 11 is 7.62. The summed E-state index contributed by atoms with van der Waals surface area (Å²) in [7, 11) is 0. The third-order valence-electron chi connectivity index (χ3n) is 3.33. The van der Waals surface area contributed by atoms with Gasteiger partial charge in [-0.15, -0.1) is 0 Å². The van der Waals surface area contributed by atoms with Gasteiger partial charge in [-0.1, -0.05) is 41.6 Å². The topological polar surface area (TPSA) is 75.6 Å². The molecule has 0 unspecified atom stereocenters. The molecule has 1 fully saturated rings. The van der Waals surface area contributed by atoms with Crippen LogP contribution in [0.1, 0.15) is 35.6 Å². The molecule has 1 heterocycles. The molecule has 21 heavy (non-hydrogen) atoms. The van der Waals surface area contributed by atoms with Crippen LogP contribution >= 0.6 is 23.4 Å². The van der Waals surface area contributed by atoms with Crippen molar-refractivity contribution in [3.05, 3.63) is 46.1 Å². The number of hydrogen-bond donors (Lipinski definition) is 1. The summed E-state index contributed by atoms with van der Waals surface area (Å²) in [5.41, 5.74) is 8.14. The number of nitrogen functional groups attached to an aromatic ring is 1. The van der Waals surface area contributed by atoms with Crippen LogP contribution in [0.15, 0.2) is 29.4 Å². The maximum Gasteiger partial charge on any atom is 0.190 e. The summed E-state index contributed by atoms with van der Waals surface area (Å²) in [5.74, 6) is 1.32. The van der Waals surface area contributed by atoms with Crippen LogP contribution in [-0.4, -0.2) is 9.97 Å². The summed E-state index contributed by atoms with van der Waals surface area (Å²) in [4.78, 5) is 8.74. The monoisotopic (exact) mass is 316 g/mol. The quantitative estimate of drug-likeness (QED) is 0.686. The normalized spacial score (nSPS) is 13.9. The predicted molar refractivity (Wildman–Crippen MR) is 84.1 cm³/mol. The molecule has 0 aliphatic heterocycles. The molecule has 1 saturated carbocycles. The molecule has 0 radical (unpaired) electrons. The predicted octanol–water partition coefficient (Wildman–Crippen LogP) is 3.75. The fourth-order valence-corrected chi connectivity index (χ4v) is 3.21. The van der Waals surface area contributed by atoms with Gasteiger partial charge >= 0.3 is 0 Å². The van der Waals surface area contributed by atoms with Gasteiger partial charge in [0.2, 0.25) is 0 Å². The second kappa shape index (κ2) is 5.92. The second-order valence-corrected chi connectivity index (χ2v) is 6.27. The van der Waals surface area contributed by atoms with Crippen LogP contribution in [0.3, 0.4) is 0 Å². The minimum atomic E-state index is 0.274. The summed E-state index contributed by atoms with van der Waals surface area (Å²) in [6, 6.07) is 9.80. The molecule has 0 amide bonds. The lowest BCUT2D eigenvalue weighted by atomic mass is 10.1. The van der Waals surface area contributed by atoms with Crippen molar-refractivity contribution >= 4 is 29.2 Å². The Labute approximate surface area is 132 Å². The largest absolute Gasteiger partial charge is 0.382 e. The Bertz CT molecular complexity index is 722. The Morgan fingerprint density at radius 3 is 2.76 bits per heavy atom. The minimum Gasteiger partial charge on any atom is -0.382 e. The highest BCUT2D eigenvalue weighted by Gasteiger charge is 2.29. The van der Waals surface area contributed by atoms with Gasteiger partial charge in [0.15, 0.2) is 5.16 Å². The average molecular weight is 317 g/mol. The Kier molecular flexibility index (Phi) is 4.00. The maximum atomic E-state index is 9.18. The molecule has 1 aromatic heterocycles. The van der Waals surface area contributed by atoms with Crippen LogP contribution in [0.2, 0.25) is 5.02 Å². The third kappa shape index (κ3) is 3.12. The lowest BCUT2D eigenvalue weighted by molar-refractivity contribution is 0.881. The first-order valence-corrected chi connectivity index (χ1v) is 7.99. The highest BCUT2D eigenvalue weighted by molar-refractivity contribution is 7.98. The first-order chi connectivity index (χ1) is 10.2. The van der Waals surface area contributed by atoms with E-state index in [1.165, 1.54) is 11.8 Å². The Morgan fingerprint density at radius 2 is 2.10 bits per heavy atom. The van der Waals surface area contributed by atoms with Crippen molar-refractivity contribution in [3.63, 3.8) is 0 Å². The van der Waals surface area contributed by atoms with Gasteiger partial charge in [0.1, 0.15) is 17.5 Å². The number of aromatic nitrogens is 2. The number of thioether (sulfide) groups is 1. The van der Waals surface area contributed by atoms with Crippen LogP contribution in [-0.2, 0) is 5.75 Å². The van der Waals surface area contributed by atoms with Crippen LogP contribution < -0.4 is 5.73 Å². The van der Waals surface area contributed by atoms with Crippen LogP contribution in [0.5, 0.6) is 0 Å². The number of halogens is 1. The van der Waals surface area contributed by atoms with Gasteiger partial charge in [-0.3, -0.25) is 0 Å². The van der Waals surface area contributed by atoms with Crippen molar-refractivity contribution in [3.8, 4) is 6.07 Å². The zero-order valence-electron chi connectivity index (χ0n) is 11.2. The first kappa shape index (κ1) is 14.2. The molecule has 2 aromatic rings. The molecule has 106 valence electrons. The molecule has 1 aliphatic carbocycles. The number of rotatable bonds is 4. The minimum absolute atomic E-state index is 0.274. The van der Waals surface area contributed by atoms with Crippen molar-refractivity contribution in [1.82, 2.24) is 9.97 Å². The number of benzene rings is 1. The third-order valence-corrected chi connectivity index (χ3v) is 4.60. The van der Waals surface area contributed by atoms with Gasteiger partial charge in [0.25, 0.3) is 0 Å². The van der Waals surface area contributed by atoms with Crippen molar-refractivity contribution in [1.29, 1.82) is 5.26 Å². The van der Waals surface area contributed by atoms with E-state index in [1.54, 1.807) is 0 Å². The lowest BCUT2D eigenvalue weighted by Crippen LogP contribution is -2.04. The maximum absolute atomic E-state index is 9.18. The smallest absolute Gasteiger partial charge is 0.190 e. The molecular weight excluding hydrogens is 304 g/mol. The molecular formula is C15H13ClN4S. The molecule has 1 aromatic carbocycles. The number of nitrogens with zero attached hydrogens (tertiary/aromatic N) is 3. The van der Waals surface area contributed by atoms with E-state index < -0.39 is 0 Å². The lowest BCUT2D eigenvalue weighted by Gasteiger charge is -2.08. The average Bonchev–Trinajstić information content (AvgIpc) is 3.30. The highest BCUT2D eigenvalue weighted by atomic mass is 35.5. The molecule has 0 bridgehead atoms.